The minimum atomic E-state index is -0.858. The van der Waals surface area contributed by atoms with Crippen LogP contribution in [0.25, 0.3) is 0 Å². The van der Waals surface area contributed by atoms with Crippen molar-refractivity contribution in [3.63, 3.8) is 0 Å². The first-order valence-electron chi connectivity index (χ1n) is 6.51. The van der Waals surface area contributed by atoms with Crippen LogP contribution in [0.5, 0.6) is 0 Å². The van der Waals surface area contributed by atoms with Gasteiger partial charge in [0.15, 0.2) is 0 Å². The minimum Gasteiger partial charge on any atom is -0.481 e. The van der Waals surface area contributed by atoms with Gasteiger partial charge in [0.25, 0.3) is 0 Å². The molecular formula is C14H18N2O3. The quantitative estimate of drug-likeness (QED) is 0.843. The molecule has 0 aromatic carbocycles. The lowest BCUT2D eigenvalue weighted by molar-refractivity contribution is -0.139. The van der Waals surface area contributed by atoms with E-state index in [1.54, 1.807) is 18.5 Å². The second-order valence-electron chi connectivity index (χ2n) is 5.14. The number of hydrogen-bond donors (Lipinski definition) is 2. The fourth-order valence-electron chi connectivity index (χ4n) is 2.72. The molecule has 5 nitrogen and oxygen atoms in total. The average molecular weight is 262 g/mol. The van der Waals surface area contributed by atoms with Gasteiger partial charge in [-0.1, -0.05) is 18.9 Å². The predicted octanol–water partition coefficient (Wildman–Crippen LogP) is 1.53. The Balaban J connectivity index is 1.97. The van der Waals surface area contributed by atoms with E-state index >= 15 is 0 Å². The molecule has 19 heavy (non-hydrogen) atoms. The van der Waals surface area contributed by atoms with Crippen molar-refractivity contribution in [2.45, 2.75) is 44.1 Å². The fourth-order valence-corrected chi connectivity index (χ4v) is 2.72. The molecule has 0 unspecified atom stereocenters. The third-order valence-corrected chi connectivity index (χ3v) is 3.54. The zero-order valence-electron chi connectivity index (χ0n) is 10.8. The van der Waals surface area contributed by atoms with E-state index in [0.29, 0.717) is 0 Å². The molecule has 0 aliphatic heterocycles. The fraction of sp³-hybridized carbons (Fsp3) is 0.500. The van der Waals surface area contributed by atoms with Crippen molar-refractivity contribution in [3.8, 4) is 0 Å². The summed E-state index contributed by atoms with van der Waals surface area (Å²) in [6.45, 7) is 0. The summed E-state index contributed by atoms with van der Waals surface area (Å²) >= 11 is 0. The topological polar surface area (TPSA) is 79.3 Å². The van der Waals surface area contributed by atoms with Gasteiger partial charge in [0.1, 0.15) is 0 Å². The summed E-state index contributed by atoms with van der Waals surface area (Å²) in [5.41, 5.74) is 0.286. The molecular weight excluding hydrogens is 244 g/mol. The van der Waals surface area contributed by atoms with Gasteiger partial charge in [0.05, 0.1) is 18.4 Å². The van der Waals surface area contributed by atoms with Gasteiger partial charge in [-0.15, -0.1) is 0 Å². The van der Waals surface area contributed by atoms with Gasteiger partial charge in [0, 0.05) is 12.4 Å². The van der Waals surface area contributed by atoms with E-state index < -0.39 is 11.5 Å². The normalized spacial score (nSPS) is 17.1. The molecule has 2 rings (SSSR count). The van der Waals surface area contributed by atoms with Gasteiger partial charge in [-0.05, 0) is 24.5 Å². The SMILES string of the molecule is O=C(O)CC1(NC(=O)Cc2cccnc2)CCCC1. The largest absolute Gasteiger partial charge is 0.481 e. The number of carboxylic acids is 1. The molecule has 0 spiro atoms. The standard InChI is InChI=1S/C14H18N2O3/c17-12(8-11-4-3-7-15-10-11)16-14(9-13(18)19)5-1-2-6-14/h3-4,7,10H,1-2,5-6,8-9H2,(H,16,17)(H,18,19). The minimum absolute atomic E-state index is 0.00573. The van der Waals surface area contributed by atoms with Crippen LogP contribution in [0.15, 0.2) is 24.5 Å². The lowest BCUT2D eigenvalue weighted by Gasteiger charge is -2.28. The summed E-state index contributed by atoms with van der Waals surface area (Å²) in [5, 5.41) is 11.9. The molecule has 1 aromatic heterocycles. The number of carbonyl (C=O) groups is 2. The highest BCUT2D eigenvalue weighted by Gasteiger charge is 2.37. The first-order valence-corrected chi connectivity index (χ1v) is 6.51. The Morgan fingerprint density at radius 3 is 2.68 bits per heavy atom. The van der Waals surface area contributed by atoms with Crippen LogP contribution < -0.4 is 5.32 Å². The molecule has 1 fully saturated rings. The van der Waals surface area contributed by atoms with Crippen LogP contribution in [0.1, 0.15) is 37.7 Å². The number of nitrogens with zero attached hydrogens (tertiary/aromatic N) is 1. The maximum Gasteiger partial charge on any atom is 0.305 e. The molecule has 5 heteroatoms. The molecule has 1 saturated carbocycles. The van der Waals surface area contributed by atoms with Crippen LogP contribution in [0.3, 0.4) is 0 Å². The number of carbonyl (C=O) groups excluding carboxylic acids is 1. The molecule has 0 radical (unpaired) electrons. The average Bonchev–Trinajstić information content (AvgIpc) is 2.77. The van der Waals surface area contributed by atoms with Gasteiger partial charge < -0.3 is 10.4 Å². The molecule has 1 amide bonds. The van der Waals surface area contributed by atoms with Crippen LogP contribution in [-0.2, 0) is 16.0 Å². The van der Waals surface area contributed by atoms with E-state index in [1.807, 2.05) is 6.07 Å². The summed E-state index contributed by atoms with van der Waals surface area (Å²) in [6.07, 6.45) is 7.00. The number of rotatable bonds is 5. The highest BCUT2D eigenvalue weighted by Crippen LogP contribution is 2.32. The van der Waals surface area contributed by atoms with E-state index in [0.717, 1.165) is 31.2 Å². The maximum atomic E-state index is 12.0. The van der Waals surface area contributed by atoms with Crippen molar-refractivity contribution in [2.24, 2.45) is 0 Å². The van der Waals surface area contributed by atoms with Crippen LogP contribution in [-0.4, -0.2) is 27.5 Å². The third-order valence-electron chi connectivity index (χ3n) is 3.54. The highest BCUT2D eigenvalue weighted by atomic mass is 16.4. The lowest BCUT2D eigenvalue weighted by Crippen LogP contribution is -2.48. The molecule has 1 aliphatic carbocycles. The Bertz CT molecular complexity index is 453. The number of pyridine rings is 1. The van der Waals surface area contributed by atoms with Crippen molar-refractivity contribution in [1.29, 1.82) is 0 Å². The van der Waals surface area contributed by atoms with Crippen molar-refractivity contribution in [2.75, 3.05) is 0 Å². The zero-order valence-corrected chi connectivity index (χ0v) is 10.8. The Morgan fingerprint density at radius 1 is 1.37 bits per heavy atom. The number of amides is 1. The van der Waals surface area contributed by atoms with Crippen LogP contribution in [0.4, 0.5) is 0 Å². The lowest BCUT2D eigenvalue weighted by atomic mass is 9.93. The third kappa shape index (κ3) is 3.77. The van der Waals surface area contributed by atoms with Gasteiger partial charge in [-0.3, -0.25) is 14.6 Å². The van der Waals surface area contributed by atoms with Crippen molar-refractivity contribution >= 4 is 11.9 Å². The molecule has 0 bridgehead atoms. The van der Waals surface area contributed by atoms with Crippen LogP contribution in [0.2, 0.25) is 0 Å². The molecule has 102 valence electrons. The van der Waals surface area contributed by atoms with Crippen molar-refractivity contribution in [3.05, 3.63) is 30.1 Å². The maximum absolute atomic E-state index is 12.0. The monoisotopic (exact) mass is 262 g/mol. The van der Waals surface area contributed by atoms with Gasteiger partial charge in [0.2, 0.25) is 5.91 Å². The van der Waals surface area contributed by atoms with E-state index in [1.165, 1.54) is 0 Å². The molecule has 1 aromatic rings. The second-order valence-corrected chi connectivity index (χ2v) is 5.14. The van der Waals surface area contributed by atoms with Crippen LogP contribution in [0, 0.1) is 0 Å². The number of carboxylic acid groups (broad SMARTS) is 1. The van der Waals surface area contributed by atoms with Gasteiger partial charge in [-0.2, -0.15) is 0 Å². The smallest absolute Gasteiger partial charge is 0.305 e. The predicted molar refractivity (Wildman–Crippen MR) is 69.5 cm³/mol. The first kappa shape index (κ1) is 13.5. The molecule has 0 saturated heterocycles. The van der Waals surface area contributed by atoms with E-state index in [4.69, 9.17) is 5.11 Å². The molecule has 1 aliphatic rings. The number of nitrogens with one attached hydrogen (secondary N) is 1. The van der Waals surface area contributed by atoms with E-state index in [2.05, 4.69) is 10.3 Å². The zero-order chi connectivity index (χ0) is 13.7. The summed E-state index contributed by atoms with van der Waals surface area (Å²) < 4.78 is 0. The first-order chi connectivity index (χ1) is 9.10. The molecule has 0 atom stereocenters. The Morgan fingerprint density at radius 2 is 2.11 bits per heavy atom. The Hall–Kier alpha value is -1.91. The summed E-state index contributed by atoms with van der Waals surface area (Å²) in [7, 11) is 0. The van der Waals surface area contributed by atoms with E-state index in [9.17, 15) is 9.59 Å². The number of hydrogen-bond acceptors (Lipinski definition) is 3. The summed E-state index contributed by atoms with van der Waals surface area (Å²) in [4.78, 5) is 26.9. The van der Waals surface area contributed by atoms with Gasteiger partial charge in [-0.25, -0.2) is 0 Å². The van der Waals surface area contributed by atoms with Gasteiger partial charge >= 0.3 is 5.97 Å². The summed E-state index contributed by atoms with van der Waals surface area (Å²) in [5.74, 6) is -0.986. The highest BCUT2D eigenvalue weighted by molar-refractivity contribution is 5.80. The Kier molecular flexibility index (Phi) is 4.14. The molecule has 1 heterocycles. The Labute approximate surface area is 112 Å². The molecule has 2 N–H and O–H groups in total. The van der Waals surface area contributed by atoms with E-state index in [-0.39, 0.29) is 18.7 Å². The number of aromatic nitrogens is 1. The van der Waals surface area contributed by atoms with Crippen LogP contribution >= 0.6 is 0 Å². The second kappa shape index (κ2) is 5.82. The number of aliphatic carboxylic acids is 1. The van der Waals surface area contributed by atoms with Crippen molar-refractivity contribution < 1.29 is 14.7 Å². The van der Waals surface area contributed by atoms with Crippen molar-refractivity contribution in [1.82, 2.24) is 10.3 Å². The summed E-state index contributed by atoms with van der Waals surface area (Å²) in [6, 6.07) is 3.62.